The molecule has 1 aliphatic heterocycles. The number of ketones is 1. The molecule has 3 aromatic rings. The van der Waals surface area contributed by atoms with Gasteiger partial charge >= 0.3 is 0 Å². The van der Waals surface area contributed by atoms with E-state index in [4.69, 9.17) is 0 Å². The standard InChI is InChI=1S/C33H14N6O2/c34-15-20(16-35)26(19-9-3-1-4-10-19)27(21(17-36)18-37)28-22-11-5-2-6-12-23(22)29-30(28)39-32(31(29)40)38-25-14-8-7-13-24(25)33(39)41/h1-14H. The van der Waals surface area contributed by atoms with Gasteiger partial charge in [0.2, 0.25) is 5.78 Å². The van der Waals surface area contributed by atoms with Gasteiger partial charge in [0.25, 0.3) is 5.56 Å². The lowest BCUT2D eigenvalue weighted by Gasteiger charge is -2.17. The molecule has 0 saturated heterocycles. The van der Waals surface area contributed by atoms with Crippen LogP contribution in [0.5, 0.6) is 0 Å². The Morgan fingerprint density at radius 3 is 1.88 bits per heavy atom. The Kier molecular flexibility index (Phi) is 5.79. The number of carbonyl (C=O) groups is 1. The van der Waals surface area contributed by atoms with Crippen molar-refractivity contribution in [3.8, 4) is 41.1 Å². The molecule has 0 unspecified atom stereocenters. The lowest BCUT2D eigenvalue weighted by atomic mass is 9.85. The topological polar surface area (TPSA) is 147 Å². The maximum absolute atomic E-state index is 13.9. The maximum Gasteiger partial charge on any atom is 0.266 e. The van der Waals surface area contributed by atoms with Crippen molar-refractivity contribution in [2.75, 3.05) is 0 Å². The summed E-state index contributed by atoms with van der Waals surface area (Å²) in [7, 11) is 0. The van der Waals surface area contributed by atoms with E-state index < -0.39 is 16.9 Å². The number of nitriles is 4. The fourth-order valence-electron chi connectivity index (χ4n) is 5.34. The van der Waals surface area contributed by atoms with Crippen molar-refractivity contribution in [3.05, 3.63) is 129 Å². The van der Waals surface area contributed by atoms with Crippen molar-refractivity contribution in [1.29, 1.82) is 21.0 Å². The van der Waals surface area contributed by atoms with E-state index >= 15 is 0 Å². The Balaban J connectivity index is 1.88. The highest BCUT2D eigenvalue weighted by atomic mass is 16.1. The summed E-state index contributed by atoms with van der Waals surface area (Å²) in [6.07, 6.45) is 0. The van der Waals surface area contributed by atoms with E-state index in [0.29, 0.717) is 22.2 Å². The number of para-hydroxylation sites is 1. The van der Waals surface area contributed by atoms with E-state index in [9.17, 15) is 30.6 Å². The van der Waals surface area contributed by atoms with Crippen molar-refractivity contribution in [2.45, 2.75) is 0 Å². The number of fused-ring (bicyclic) bond motifs is 6. The molecule has 8 heteroatoms. The molecule has 2 aromatic carbocycles. The second kappa shape index (κ2) is 9.61. The molecule has 2 aliphatic carbocycles. The van der Waals surface area contributed by atoms with Crippen molar-refractivity contribution < 1.29 is 4.79 Å². The first-order valence-electron chi connectivity index (χ1n) is 12.3. The summed E-state index contributed by atoms with van der Waals surface area (Å²) < 4.78 is 1.21. The quantitative estimate of drug-likeness (QED) is 0.223. The van der Waals surface area contributed by atoms with Crippen LogP contribution in [-0.4, -0.2) is 15.3 Å². The number of allylic oxidation sites excluding steroid dienone is 4. The van der Waals surface area contributed by atoms with Gasteiger partial charge in [-0.05, 0) is 28.8 Å². The van der Waals surface area contributed by atoms with Crippen molar-refractivity contribution in [3.63, 3.8) is 0 Å². The SMILES string of the molecule is N#CC(C#N)=C(C(=C(C#N)C#N)c1c2cccccc-2c2c1-n1c(nc3ccccc3c1=O)C2=O)c1ccccc1. The number of carbonyl (C=O) groups excluding carboxylic acids is 1. The summed E-state index contributed by atoms with van der Waals surface area (Å²) in [5.74, 6) is -0.597. The van der Waals surface area contributed by atoms with E-state index in [-0.39, 0.29) is 44.7 Å². The smallest absolute Gasteiger partial charge is 0.266 e. The van der Waals surface area contributed by atoms with E-state index in [1.54, 1.807) is 84.9 Å². The van der Waals surface area contributed by atoms with Gasteiger partial charge in [0.1, 0.15) is 35.4 Å². The Morgan fingerprint density at radius 2 is 1.22 bits per heavy atom. The van der Waals surface area contributed by atoms with Gasteiger partial charge in [0.15, 0.2) is 5.82 Å². The molecule has 0 fully saturated rings. The molecule has 0 atom stereocenters. The first kappa shape index (κ1) is 24.7. The minimum atomic E-state index is -0.500. The Morgan fingerprint density at radius 1 is 0.659 bits per heavy atom. The van der Waals surface area contributed by atoms with Gasteiger partial charge in [-0.1, -0.05) is 72.8 Å². The van der Waals surface area contributed by atoms with Crippen LogP contribution in [0.1, 0.15) is 27.3 Å². The molecule has 0 bridgehead atoms. The highest BCUT2D eigenvalue weighted by molar-refractivity contribution is 6.24. The summed E-state index contributed by atoms with van der Waals surface area (Å²) in [5, 5.41) is 40.6. The van der Waals surface area contributed by atoms with E-state index in [1.165, 1.54) is 4.57 Å². The number of hydrogen-bond acceptors (Lipinski definition) is 7. The summed E-state index contributed by atoms with van der Waals surface area (Å²) in [4.78, 5) is 32.4. The second-order valence-electron chi connectivity index (χ2n) is 9.07. The Labute approximate surface area is 233 Å². The zero-order valence-electron chi connectivity index (χ0n) is 21.1. The minimum absolute atomic E-state index is 0.0301. The molecule has 0 spiro atoms. The second-order valence-corrected chi connectivity index (χ2v) is 9.07. The monoisotopic (exact) mass is 526 g/mol. The molecular weight excluding hydrogens is 512 g/mol. The van der Waals surface area contributed by atoms with Crippen molar-refractivity contribution in [1.82, 2.24) is 9.55 Å². The summed E-state index contributed by atoms with van der Waals surface area (Å²) >= 11 is 0. The van der Waals surface area contributed by atoms with Crippen molar-refractivity contribution >= 4 is 27.8 Å². The number of rotatable bonds is 3. The van der Waals surface area contributed by atoms with Crippen LogP contribution in [0.3, 0.4) is 0 Å². The average molecular weight is 527 g/mol. The van der Waals surface area contributed by atoms with Gasteiger partial charge in [0, 0.05) is 16.7 Å². The number of benzene rings is 2. The lowest BCUT2D eigenvalue weighted by molar-refractivity contribution is 0.103. The molecule has 0 amide bonds. The molecule has 0 radical (unpaired) electrons. The third-order valence-corrected chi connectivity index (χ3v) is 6.99. The lowest BCUT2D eigenvalue weighted by Crippen LogP contribution is -2.22. The largest absolute Gasteiger partial charge is 0.285 e. The van der Waals surface area contributed by atoms with Gasteiger partial charge in [-0.3, -0.25) is 14.2 Å². The van der Waals surface area contributed by atoms with Crippen LogP contribution < -0.4 is 5.56 Å². The van der Waals surface area contributed by atoms with Crippen LogP contribution in [0.25, 0.3) is 38.9 Å². The van der Waals surface area contributed by atoms with Crippen LogP contribution in [0.15, 0.2) is 101 Å². The predicted molar refractivity (Wildman–Crippen MR) is 150 cm³/mol. The van der Waals surface area contributed by atoms with E-state index in [0.717, 1.165) is 0 Å². The minimum Gasteiger partial charge on any atom is -0.285 e. The maximum atomic E-state index is 13.9. The highest BCUT2D eigenvalue weighted by Crippen LogP contribution is 2.50. The molecule has 3 aliphatic rings. The first-order valence-corrected chi connectivity index (χ1v) is 12.3. The van der Waals surface area contributed by atoms with Gasteiger partial charge < -0.3 is 0 Å². The third-order valence-electron chi connectivity index (χ3n) is 6.99. The zero-order valence-corrected chi connectivity index (χ0v) is 21.1. The van der Waals surface area contributed by atoms with E-state index in [2.05, 4.69) is 4.98 Å². The molecule has 2 heterocycles. The molecule has 0 N–H and O–H groups in total. The number of hydrogen-bond donors (Lipinski definition) is 0. The number of nitrogens with zero attached hydrogens (tertiary/aromatic N) is 6. The van der Waals surface area contributed by atoms with Gasteiger partial charge in [-0.2, -0.15) is 21.0 Å². The van der Waals surface area contributed by atoms with Crippen LogP contribution in [0, 0.1) is 45.3 Å². The Bertz CT molecular complexity index is 2200. The zero-order chi connectivity index (χ0) is 28.7. The van der Waals surface area contributed by atoms with Gasteiger partial charge in [-0.25, -0.2) is 4.98 Å². The molecule has 41 heavy (non-hydrogen) atoms. The summed E-state index contributed by atoms with van der Waals surface area (Å²) in [6, 6.07) is 31.4. The summed E-state index contributed by atoms with van der Waals surface area (Å²) in [5.41, 5.74) is 0.993. The highest BCUT2D eigenvalue weighted by Gasteiger charge is 2.41. The van der Waals surface area contributed by atoms with Crippen LogP contribution in [0.2, 0.25) is 0 Å². The summed E-state index contributed by atoms with van der Waals surface area (Å²) in [6.45, 7) is 0. The first-order chi connectivity index (χ1) is 20.0. The molecule has 188 valence electrons. The molecule has 1 aromatic heterocycles. The molecular formula is C33H14N6O2. The van der Waals surface area contributed by atoms with Crippen LogP contribution in [-0.2, 0) is 0 Å². The van der Waals surface area contributed by atoms with Gasteiger partial charge in [0.05, 0.1) is 22.2 Å². The Hall–Kier alpha value is -6.61. The van der Waals surface area contributed by atoms with Crippen LogP contribution in [0.4, 0.5) is 0 Å². The van der Waals surface area contributed by atoms with Crippen molar-refractivity contribution in [2.24, 2.45) is 0 Å². The average Bonchev–Trinajstić information content (AvgIpc) is 3.33. The predicted octanol–water partition coefficient (Wildman–Crippen LogP) is 5.34. The fourth-order valence-corrected chi connectivity index (χ4v) is 5.34. The van der Waals surface area contributed by atoms with Crippen LogP contribution >= 0.6 is 0 Å². The van der Waals surface area contributed by atoms with E-state index in [1.807, 2.05) is 24.3 Å². The number of aromatic nitrogens is 2. The fraction of sp³-hybridized carbons (Fsp3) is 0. The third kappa shape index (κ3) is 3.54. The molecule has 6 rings (SSSR count). The normalized spacial score (nSPS) is 11.0. The molecule has 0 saturated carbocycles. The van der Waals surface area contributed by atoms with Gasteiger partial charge in [-0.15, -0.1) is 0 Å². The molecule has 8 nitrogen and oxygen atoms in total.